The molecule has 0 radical (unpaired) electrons. The molecule has 0 spiro atoms. The number of rotatable bonds is 6. The molecule has 1 aliphatic rings. The summed E-state index contributed by atoms with van der Waals surface area (Å²) in [6.45, 7) is 10.6. The molecule has 1 N–H and O–H groups in total. The average molecular weight is 296 g/mol. The first-order valence-electron chi connectivity index (χ1n) is 7.89. The van der Waals surface area contributed by atoms with Crippen LogP contribution in [0.15, 0.2) is 0 Å². The third-order valence-electron chi connectivity index (χ3n) is 4.92. The van der Waals surface area contributed by atoms with E-state index in [1.54, 1.807) is 11.3 Å². The third kappa shape index (κ3) is 2.92. The molecule has 0 aromatic carbocycles. The van der Waals surface area contributed by atoms with Gasteiger partial charge in [0.2, 0.25) is 0 Å². The van der Waals surface area contributed by atoms with Crippen molar-refractivity contribution < 1.29 is 5.11 Å². The van der Waals surface area contributed by atoms with Crippen LogP contribution in [0.4, 0.5) is 0 Å². The minimum atomic E-state index is -0.296. The number of thiazole rings is 1. The van der Waals surface area contributed by atoms with E-state index in [1.807, 2.05) is 0 Å². The lowest BCUT2D eigenvalue weighted by molar-refractivity contribution is -0.0244. The summed E-state index contributed by atoms with van der Waals surface area (Å²) in [5.74, 6) is 0. The van der Waals surface area contributed by atoms with Gasteiger partial charge in [0.15, 0.2) is 0 Å². The second-order valence-corrected chi connectivity index (χ2v) is 7.24. The molecule has 0 bridgehead atoms. The summed E-state index contributed by atoms with van der Waals surface area (Å²) in [5.41, 5.74) is 1.09. The molecule has 0 aliphatic heterocycles. The van der Waals surface area contributed by atoms with Crippen LogP contribution in [-0.2, 0) is 6.42 Å². The van der Waals surface area contributed by atoms with E-state index in [2.05, 4.69) is 37.6 Å². The highest BCUT2D eigenvalue weighted by molar-refractivity contribution is 7.11. The lowest BCUT2D eigenvalue weighted by Gasteiger charge is -2.43. The number of hydrogen-bond donors (Lipinski definition) is 1. The number of nitrogens with zero attached hydrogens (tertiary/aromatic N) is 2. The van der Waals surface area contributed by atoms with E-state index >= 15 is 0 Å². The molecule has 1 heterocycles. The van der Waals surface area contributed by atoms with Gasteiger partial charge >= 0.3 is 0 Å². The van der Waals surface area contributed by atoms with Gasteiger partial charge in [0.1, 0.15) is 0 Å². The fraction of sp³-hybridized carbons (Fsp3) is 0.812. The highest BCUT2D eigenvalue weighted by atomic mass is 32.1. The summed E-state index contributed by atoms with van der Waals surface area (Å²) in [6.07, 6.45) is 5.14. The van der Waals surface area contributed by atoms with Crippen LogP contribution in [0, 0.1) is 13.8 Å². The fourth-order valence-electron chi connectivity index (χ4n) is 3.68. The standard InChI is InChI=1S/C16H28N2OS/c1-5-18(6-2)16(9-7-8-10-16)14(19)11-15-17-12(3)13(4)20-15/h14,19H,5-11H2,1-4H3. The minimum absolute atomic E-state index is 0.0169. The largest absolute Gasteiger partial charge is 0.391 e. The summed E-state index contributed by atoms with van der Waals surface area (Å²) < 4.78 is 0. The van der Waals surface area contributed by atoms with E-state index in [0.717, 1.165) is 36.6 Å². The van der Waals surface area contributed by atoms with Crippen LogP contribution in [-0.4, -0.2) is 39.7 Å². The van der Waals surface area contributed by atoms with Crippen LogP contribution < -0.4 is 0 Å². The Bertz CT molecular complexity index is 414. The van der Waals surface area contributed by atoms with Gasteiger partial charge in [-0.15, -0.1) is 11.3 Å². The van der Waals surface area contributed by atoms with Crippen molar-refractivity contribution in [2.45, 2.75) is 71.4 Å². The monoisotopic (exact) mass is 296 g/mol. The Kier molecular flexibility index (Phi) is 5.21. The van der Waals surface area contributed by atoms with Gasteiger partial charge in [0, 0.05) is 16.8 Å². The van der Waals surface area contributed by atoms with Gasteiger partial charge in [-0.2, -0.15) is 0 Å². The van der Waals surface area contributed by atoms with Crippen molar-refractivity contribution >= 4 is 11.3 Å². The number of aryl methyl sites for hydroxylation is 2. The van der Waals surface area contributed by atoms with Crippen molar-refractivity contribution in [2.75, 3.05) is 13.1 Å². The molecule has 1 aromatic rings. The van der Waals surface area contributed by atoms with Gasteiger partial charge in [0.25, 0.3) is 0 Å². The molecule has 2 rings (SSSR count). The van der Waals surface area contributed by atoms with Gasteiger partial charge in [-0.3, -0.25) is 4.90 Å². The number of likely N-dealkylation sites (N-methyl/N-ethyl adjacent to an activating group) is 1. The van der Waals surface area contributed by atoms with Gasteiger partial charge in [0.05, 0.1) is 16.8 Å². The second kappa shape index (κ2) is 6.54. The zero-order valence-corrected chi connectivity index (χ0v) is 14.1. The molecule has 20 heavy (non-hydrogen) atoms. The second-order valence-electron chi connectivity index (χ2n) is 5.95. The topological polar surface area (TPSA) is 36.4 Å². The van der Waals surface area contributed by atoms with Crippen molar-refractivity contribution in [1.82, 2.24) is 9.88 Å². The number of aliphatic hydroxyl groups is 1. The van der Waals surface area contributed by atoms with Gasteiger partial charge in [-0.05, 0) is 39.8 Å². The molecule has 1 unspecified atom stereocenters. The summed E-state index contributed by atoms with van der Waals surface area (Å²) in [5, 5.41) is 12.0. The molecule has 1 aromatic heterocycles. The lowest BCUT2D eigenvalue weighted by Crippen LogP contribution is -2.55. The Morgan fingerprint density at radius 1 is 1.25 bits per heavy atom. The van der Waals surface area contributed by atoms with Gasteiger partial charge in [-0.1, -0.05) is 26.7 Å². The van der Waals surface area contributed by atoms with Crippen molar-refractivity contribution in [3.05, 3.63) is 15.6 Å². The van der Waals surface area contributed by atoms with Crippen molar-refractivity contribution in [2.24, 2.45) is 0 Å². The molecule has 1 aliphatic carbocycles. The first-order chi connectivity index (χ1) is 9.53. The van der Waals surface area contributed by atoms with Crippen LogP contribution >= 0.6 is 11.3 Å². The Labute approximate surface area is 127 Å². The molecule has 114 valence electrons. The third-order valence-corrected chi connectivity index (χ3v) is 6.02. The van der Waals surface area contributed by atoms with Crippen molar-refractivity contribution in [3.8, 4) is 0 Å². The molecular weight excluding hydrogens is 268 g/mol. The fourth-order valence-corrected chi connectivity index (χ4v) is 4.65. The molecule has 1 atom stereocenters. The van der Waals surface area contributed by atoms with E-state index in [0.29, 0.717) is 6.42 Å². The minimum Gasteiger partial charge on any atom is -0.391 e. The van der Waals surface area contributed by atoms with E-state index in [4.69, 9.17) is 0 Å². The Morgan fingerprint density at radius 2 is 1.85 bits per heavy atom. The zero-order valence-electron chi connectivity index (χ0n) is 13.3. The highest BCUT2D eigenvalue weighted by Gasteiger charge is 2.44. The molecule has 3 nitrogen and oxygen atoms in total. The maximum absolute atomic E-state index is 10.9. The summed E-state index contributed by atoms with van der Waals surface area (Å²) >= 11 is 1.74. The first kappa shape index (κ1) is 15.9. The van der Waals surface area contributed by atoms with Crippen LogP contribution in [0.2, 0.25) is 0 Å². The maximum atomic E-state index is 10.9. The maximum Gasteiger partial charge on any atom is 0.0957 e. The molecular formula is C16H28N2OS. The quantitative estimate of drug-likeness (QED) is 0.875. The zero-order chi connectivity index (χ0) is 14.8. The number of hydrogen-bond acceptors (Lipinski definition) is 4. The van der Waals surface area contributed by atoms with E-state index in [9.17, 15) is 5.11 Å². The predicted octanol–water partition coefficient (Wildman–Crippen LogP) is 3.32. The Balaban J connectivity index is 2.16. The highest BCUT2D eigenvalue weighted by Crippen LogP contribution is 2.39. The summed E-state index contributed by atoms with van der Waals surface area (Å²) in [4.78, 5) is 8.35. The van der Waals surface area contributed by atoms with E-state index < -0.39 is 0 Å². The molecule has 1 fully saturated rings. The summed E-state index contributed by atoms with van der Waals surface area (Å²) in [6, 6.07) is 0. The van der Waals surface area contributed by atoms with Crippen molar-refractivity contribution in [3.63, 3.8) is 0 Å². The predicted molar refractivity (Wildman–Crippen MR) is 85.4 cm³/mol. The van der Waals surface area contributed by atoms with Crippen molar-refractivity contribution in [1.29, 1.82) is 0 Å². The smallest absolute Gasteiger partial charge is 0.0957 e. The normalized spacial score (nSPS) is 19.7. The Hall–Kier alpha value is -0.450. The van der Waals surface area contributed by atoms with E-state index in [-0.39, 0.29) is 11.6 Å². The van der Waals surface area contributed by atoms with Crippen LogP contribution in [0.1, 0.15) is 55.1 Å². The van der Waals surface area contributed by atoms with Crippen LogP contribution in [0.5, 0.6) is 0 Å². The van der Waals surface area contributed by atoms with Crippen LogP contribution in [0.25, 0.3) is 0 Å². The number of aromatic nitrogens is 1. The Morgan fingerprint density at radius 3 is 2.30 bits per heavy atom. The molecule has 1 saturated carbocycles. The van der Waals surface area contributed by atoms with Crippen LogP contribution in [0.3, 0.4) is 0 Å². The number of aliphatic hydroxyl groups excluding tert-OH is 1. The summed E-state index contributed by atoms with van der Waals surface area (Å²) in [7, 11) is 0. The van der Waals surface area contributed by atoms with Gasteiger partial charge in [-0.25, -0.2) is 4.98 Å². The molecule has 0 amide bonds. The molecule has 4 heteroatoms. The average Bonchev–Trinajstić information content (AvgIpc) is 3.00. The SMILES string of the molecule is CCN(CC)C1(C(O)Cc2nc(C)c(C)s2)CCCC1. The lowest BCUT2D eigenvalue weighted by atomic mass is 9.86. The van der Waals surface area contributed by atoms with Gasteiger partial charge < -0.3 is 5.11 Å². The molecule has 0 saturated heterocycles. The first-order valence-corrected chi connectivity index (χ1v) is 8.71. The van der Waals surface area contributed by atoms with E-state index in [1.165, 1.54) is 17.7 Å².